The Kier molecular flexibility index (Phi) is 12.5. The van der Waals surface area contributed by atoms with Gasteiger partial charge in [-0.25, -0.2) is 0 Å². The number of anilines is 2. The molecule has 0 spiro atoms. The zero-order valence-electron chi connectivity index (χ0n) is 19.6. The van der Waals surface area contributed by atoms with Gasteiger partial charge in [-0.2, -0.15) is 0 Å². The standard InChI is InChI=1S/C16H16BrF3N2OS.C5H12.C2H6/c1-4-12(6-5-11(2)23-16(18,19)20)10-22-14-8-7-13(17)9-15(14)21(3)24-22;1-5(2,3)4;1-2/h4-9H,2,10H2,1,3H3;1-4H3;1-2H3/b6-5-,12-4+;;. The fourth-order valence-corrected chi connectivity index (χ4v) is 3.43. The van der Waals surface area contributed by atoms with Crippen LogP contribution in [-0.2, 0) is 4.74 Å². The molecular weight excluding hydrogens is 489 g/mol. The van der Waals surface area contributed by atoms with Gasteiger partial charge in [-0.05, 0) is 42.2 Å². The van der Waals surface area contributed by atoms with Crippen LogP contribution in [0, 0.1) is 5.41 Å². The van der Waals surface area contributed by atoms with E-state index in [0.29, 0.717) is 12.0 Å². The van der Waals surface area contributed by atoms with E-state index in [1.165, 1.54) is 18.2 Å². The maximum absolute atomic E-state index is 12.1. The quantitative estimate of drug-likeness (QED) is 0.217. The van der Waals surface area contributed by atoms with Crippen molar-refractivity contribution in [1.29, 1.82) is 0 Å². The van der Waals surface area contributed by atoms with Gasteiger partial charge in [0.1, 0.15) is 5.76 Å². The van der Waals surface area contributed by atoms with E-state index in [0.717, 1.165) is 21.4 Å². The average molecular weight is 524 g/mol. The highest BCUT2D eigenvalue weighted by atomic mass is 79.9. The van der Waals surface area contributed by atoms with E-state index >= 15 is 0 Å². The van der Waals surface area contributed by atoms with Gasteiger partial charge in [0.25, 0.3) is 0 Å². The van der Waals surface area contributed by atoms with Crippen LogP contribution in [-0.4, -0.2) is 20.0 Å². The van der Waals surface area contributed by atoms with Crippen LogP contribution in [0.3, 0.4) is 0 Å². The SMILES string of the molecule is C=C(/C=C\C(=C/C)CN1SN(C)c2cc(Br)ccc21)OC(F)(F)F.CC.CC(C)(C)C. The number of hydrogen-bond acceptors (Lipinski definition) is 4. The Bertz CT molecular complexity index is 765. The van der Waals surface area contributed by atoms with Crippen molar-refractivity contribution in [2.24, 2.45) is 5.41 Å². The molecule has 1 heterocycles. The molecule has 0 unspecified atom stereocenters. The van der Waals surface area contributed by atoms with Crippen molar-refractivity contribution in [2.75, 3.05) is 22.2 Å². The first-order valence-corrected chi connectivity index (χ1v) is 11.5. The number of halogens is 4. The number of alkyl halides is 3. The zero-order chi connectivity index (χ0) is 24.4. The number of rotatable bonds is 5. The van der Waals surface area contributed by atoms with E-state index in [-0.39, 0.29) is 0 Å². The number of benzene rings is 1. The van der Waals surface area contributed by atoms with Gasteiger partial charge >= 0.3 is 6.36 Å². The fraction of sp³-hybridized carbons (Fsp3) is 0.478. The van der Waals surface area contributed by atoms with Gasteiger partial charge in [-0.15, -0.1) is 13.2 Å². The van der Waals surface area contributed by atoms with Crippen LogP contribution >= 0.6 is 28.1 Å². The third-order valence-corrected chi connectivity index (χ3v) is 4.65. The number of hydrogen-bond donors (Lipinski definition) is 0. The van der Waals surface area contributed by atoms with Crippen LogP contribution in [0.1, 0.15) is 48.5 Å². The zero-order valence-corrected chi connectivity index (χ0v) is 22.0. The van der Waals surface area contributed by atoms with Gasteiger partial charge in [0.2, 0.25) is 0 Å². The van der Waals surface area contributed by atoms with Crippen LogP contribution in [0.4, 0.5) is 24.5 Å². The third-order valence-electron chi connectivity index (χ3n) is 3.19. The number of nitrogens with zero attached hydrogens (tertiary/aromatic N) is 2. The predicted octanol–water partition coefficient (Wildman–Crippen LogP) is 8.90. The summed E-state index contributed by atoms with van der Waals surface area (Å²) in [6.45, 7) is 18.4. The largest absolute Gasteiger partial charge is 0.573 e. The normalized spacial score (nSPS) is 13.9. The highest BCUT2D eigenvalue weighted by Gasteiger charge is 2.31. The van der Waals surface area contributed by atoms with Crippen LogP contribution in [0.5, 0.6) is 0 Å². The van der Waals surface area contributed by atoms with E-state index in [1.54, 1.807) is 6.08 Å². The van der Waals surface area contributed by atoms with E-state index in [2.05, 4.69) is 59.2 Å². The van der Waals surface area contributed by atoms with E-state index in [1.807, 2.05) is 56.4 Å². The summed E-state index contributed by atoms with van der Waals surface area (Å²) >= 11 is 4.98. The fourth-order valence-electron chi connectivity index (χ4n) is 2.10. The molecular formula is C23H34BrF3N2OS. The Hall–Kier alpha value is -1.54. The van der Waals surface area contributed by atoms with Gasteiger partial charge in [0, 0.05) is 11.5 Å². The Morgan fingerprint density at radius 3 is 2.16 bits per heavy atom. The third kappa shape index (κ3) is 12.8. The Morgan fingerprint density at radius 1 is 1.13 bits per heavy atom. The molecule has 0 fully saturated rings. The minimum Gasteiger partial charge on any atom is -0.406 e. The molecule has 8 heteroatoms. The molecule has 0 atom stereocenters. The molecule has 2 rings (SSSR count). The Balaban J connectivity index is 0.00000113. The van der Waals surface area contributed by atoms with Crippen molar-refractivity contribution in [1.82, 2.24) is 0 Å². The lowest BCUT2D eigenvalue weighted by atomic mass is 10.0. The smallest absolute Gasteiger partial charge is 0.406 e. The maximum Gasteiger partial charge on any atom is 0.573 e. The van der Waals surface area contributed by atoms with Gasteiger partial charge < -0.3 is 4.74 Å². The van der Waals surface area contributed by atoms with Crippen molar-refractivity contribution in [3.63, 3.8) is 0 Å². The second-order valence-electron chi connectivity index (χ2n) is 7.96. The molecule has 176 valence electrons. The summed E-state index contributed by atoms with van der Waals surface area (Å²) < 4.78 is 45.2. The molecule has 0 saturated heterocycles. The number of ether oxygens (including phenoxy) is 1. The monoisotopic (exact) mass is 522 g/mol. The number of fused-ring (bicyclic) bond motifs is 1. The molecule has 0 radical (unpaired) electrons. The Morgan fingerprint density at radius 2 is 1.68 bits per heavy atom. The van der Waals surface area contributed by atoms with Gasteiger partial charge in [-0.3, -0.25) is 8.61 Å². The van der Waals surface area contributed by atoms with Crippen LogP contribution in [0.15, 0.2) is 58.8 Å². The summed E-state index contributed by atoms with van der Waals surface area (Å²) in [7, 11) is 1.96. The molecule has 1 aromatic rings. The van der Waals surface area contributed by atoms with Crippen LogP contribution in [0.2, 0.25) is 0 Å². The molecule has 31 heavy (non-hydrogen) atoms. The van der Waals surface area contributed by atoms with Crippen molar-refractivity contribution in [3.05, 3.63) is 58.8 Å². The summed E-state index contributed by atoms with van der Waals surface area (Å²) in [6, 6.07) is 5.97. The lowest BCUT2D eigenvalue weighted by molar-refractivity contribution is -0.303. The highest BCUT2D eigenvalue weighted by Crippen LogP contribution is 2.45. The Labute approximate surface area is 198 Å². The molecule has 0 amide bonds. The van der Waals surface area contributed by atoms with Crippen LogP contribution < -0.4 is 8.61 Å². The molecule has 0 aliphatic carbocycles. The molecule has 0 bridgehead atoms. The van der Waals surface area contributed by atoms with Gasteiger partial charge in [-0.1, -0.05) is 76.2 Å². The maximum atomic E-state index is 12.1. The lowest BCUT2D eigenvalue weighted by Crippen LogP contribution is -2.16. The molecule has 1 aliphatic rings. The summed E-state index contributed by atoms with van der Waals surface area (Å²) in [5.41, 5.74) is 3.46. The van der Waals surface area contributed by atoms with Crippen LogP contribution in [0.25, 0.3) is 0 Å². The molecule has 0 saturated carbocycles. The van der Waals surface area contributed by atoms with Gasteiger partial charge in [0.15, 0.2) is 0 Å². The van der Waals surface area contributed by atoms with Crippen molar-refractivity contribution in [2.45, 2.75) is 54.8 Å². The topological polar surface area (TPSA) is 15.7 Å². The second-order valence-corrected chi connectivity index (χ2v) is 10.0. The summed E-state index contributed by atoms with van der Waals surface area (Å²) in [5.74, 6) is -0.447. The molecule has 0 aromatic heterocycles. The number of allylic oxidation sites excluding steroid dienone is 2. The molecule has 3 nitrogen and oxygen atoms in total. The first-order valence-electron chi connectivity index (χ1n) is 9.96. The predicted molar refractivity (Wildman–Crippen MR) is 133 cm³/mol. The van der Waals surface area contributed by atoms with Crippen molar-refractivity contribution in [3.8, 4) is 0 Å². The minimum atomic E-state index is -4.72. The summed E-state index contributed by atoms with van der Waals surface area (Å²) in [4.78, 5) is 0. The first kappa shape index (κ1) is 29.5. The highest BCUT2D eigenvalue weighted by molar-refractivity contribution is 9.10. The van der Waals surface area contributed by atoms with E-state index in [4.69, 9.17) is 0 Å². The summed E-state index contributed by atoms with van der Waals surface area (Å²) in [6.07, 6.45) is -0.0899. The second kappa shape index (κ2) is 13.1. The average Bonchev–Trinajstić information content (AvgIpc) is 2.92. The molecule has 1 aliphatic heterocycles. The van der Waals surface area contributed by atoms with Crippen molar-refractivity contribution >= 4 is 39.4 Å². The van der Waals surface area contributed by atoms with E-state index in [9.17, 15) is 13.2 Å². The van der Waals surface area contributed by atoms with Crippen molar-refractivity contribution < 1.29 is 17.9 Å². The molecule has 0 N–H and O–H groups in total. The molecule has 1 aromatic carbocycles. The first-order chi connectivity index (χ1) is 14.2. The van der Waals surface area contributed by atoms with Gasteiger partial charge in [0.05, 0.1) is 30.1 Å². The lowest BCUT2D eigenvalue weighted by Gasteiger charge is -2.17. The van der Waals surface area contributed by atoms with E-state index < -0.39 is 12.1 Å². The minimum absolute atomic E-state index is 0.447. The summed E-state index contributed by atoms with van der Waals surface area (Å²) in [5, 5.41) is 0.